The SMILES string of the molecule is CSSc1ccc(COC(=O)N(C)Cc2ccc(-c3[nH]c4cc(F)cc5c4c3CCNC5=O)cc2)c(C)c1. The number of benzene rings is 3. The van der Waals surface area contributed by atoms with Crippen LogP contribution in [-0.4, -0.2) is 41.7 Å². The maximum Gasteiger partial charge on any atom is 0.410 e. The van der Waals surface area contributed by atoms with Crippen LogP contribution in [0.5, 0.6) is 0 Å². The van der Waals surface area contributed by atoms with E-state index >= 15 is 0 Å². The summed E-state index contributed by atoms with van der Waals surface area (Å²) in [5.41, 5.74) is 6.81. The fourth-order valence-corrected chi connectivity index (χ4v) is 6.21. The second-order valence-corrected chi connectivity index (χ2v) is 11.8. The van der Waals surface area contributed by atoms with E-state index in [0.717, 1.165) is 38.9 Å². The van der Waals surface area contributed by atoms with Crippen LogP contribution in [0.4, 0.5) is 9.18 Å². The summed E-state index contributed by atoms with van der Waals surface area (Å²) in [4.78, 5) is 31.1. The van der Waals surface area contributed by atoms with Crippen molar-refractivity contribution in [3.63, 3.8) is 0 Å². The average molecular weight is 550 g/mol. The third-order valence-electron chi connectivity index (χ3n) is 6.69. The van der Waals surface area contributed by atoms with Gasteiger partial charge in [-0.1, -0.05) is 51.9 Å². The molecule has 6 nitrogen and oxygen atoms in total. The number of ether oxygens (including phenoxy) is 1. The molecule has 5 rings (SSSR count). The number of nitrogens with zero attached hydrogens (tertiary/aromatic N) is 1. The van der Waals surface area contributed by atoms with Crippen LogP contribution in [0.25, 0.3) is 22.2 Å². The second-order valence-electron chi connectivity index (χ2n) is 9.31. The molecule has 0 bridgehead atoms. The first kappa shape index (κ1) is 26.2. The molecule has 0 radical (unpaired) electrons. The maximum absolute atomic E-state index is 14.2. The summed E-state index contributed by atoms with van der Waals surface area (Å²) in [5.74, 6) is -0.707. The lowest BCUT2D eigenvalue weighted by Crippen LogP contribution is -2.26. The third kappa shape index (κ3) is 5.39. The molecule has 0 saturated carbocycles. The summed E-state index contributed by atoms with van der Waals surface area (Å²) in [6, 6.07) is 16.7. The summed E-state index contributed by atoms with van der Waals surface area (Å²) in [7, 11) is 5.11. The van der Waals surface area contributed by atoms with Gasteiger partial charge in [-0.3, -0.25) is 4.79 Å². The summed E-state index contributed by atoms with van der Waals surface area (Å²) in [5, 5.41) is 3.62. The zero-order chi connectivity index (χ0) is 26.8. The van der Waals surface area contributed by atoms with E-state index in [1.54, 1.807) is 33.5 Å². The smallest absolute Gasteiger partial charge is 0.410 e. The molecule has 2 N–H and O–H groups in total. The summed E-state index contributed by atoms with van der Waals surface area (Å²) in [6.07, 6.45) is 2.30. The Hall–Kier alpha value is -3.43. The van der Waals surface area contributed by atoms with Crippen molar-refractivity contribution in [2.45, 2.75) is 31.4 Å². The Kier molecular flexibility index (Phi) is 7.67. The van der Waals surface area contributed by atoms with Crippen molar-refractivity contribution in [1.82, 2.24) is 15.2 Å². The predicted molar refractivity (Wildman–Crippen MR) is 152 cm³/mol. The van der Waals surface area contributed by atoms with E-state index in [4.69, 9.17) is 4.74 Å². The first-order valence-corrected chi connectivity index (χ1v) is 14.8. The van der Waals surface area contributed by atoms with Crippen molar-refractivity contribution in [3.05, 3.63) is 88.2 Å². The standard InChI is InChI=1S/C29H28FN3O3S2/c1-17-12-22(38-37-3)9-8-20(17)16-36-29(35)33(2)15-18-4-6-19(7-5-18)27-23-10-11-31-28(34)24-13-21(30)14-25(32-27)26(23)24/h4-9,12-14,32H,10-11,15-16H2,1-3H3,(H,31,34). The molecule has 0 aliphatic carbocycles. The molecule has 0 atom stereocenters. The van der Waals surface area contributed by atoms with Crippen LogP contribution < -0.4 is 5.32 Å². The number of nitrogens with one attached hydrogen (secondary N) is 2. The fraction of sp³-hybridized carbons (Fsp3) is 0.241. The van der Waals surface area contributed by atoms with E-state index in [1.165, 1.54) is 17.0 Å². The van der Waals surface area contributed by atoms with Crippen LogP contribution in [0.1, 0.15) is 32.6 Å². The summed E-state index contributed by atoms with van der Waals surface area (Å²) in [6.45, 7) is 3.13. The molecule has 9 heteroatoms. The minimum atomic E-state index is -0.448. The quantitative estimate of drug-likeness (QED) is 0.251. The number of amides is 2. The van der Waals surface area contributed by atoms with Gasteiger partial charge < -0.3 is 19.9 Å². The molecule has 4 aromatic rings. The van der Waals surface area contributed by atoms with Gasteiger partial charge in [0.25, 0.3) is 5.91 Å². The highest BCUT2D eigenvalue weighted by Crippen LogP contribution is 2.35. The Labute approximate surface area is 228 Å². The number of hydrogen-bond donors (Lipinski definition) is 2. The van der Waals surface area contributed by atoms with Gasteiger partial charge in [-0.05, 0) is 71.7 Å². The van der Waals surface area contributed by atoms with Crippen molar-refractivity contribution in [3.8, 4) is 11.3 Å². The van der Waals surface area contributed by atoms with Gasteiger partial charge in [-0.25, -0.2) is 9.18 Å². The van der Waals surface area contributed by atoms with E-state index in [9.17, 15) is 14.0 Å². The van der Waals surface area contributed by atoms with Crippen molar-refractivity contribution in [1.29, 1.82) is 0 Å². The number of hydrogen-bond acceptors (Lipinski definition) is 5. The van der Waals surface area contributed by atoms with Gasteiger partial charge in [0.05, 0.1) is 5.56 Å². The topological polar surface area (TPSA) is 74.4 Å². The zero-order valence-corrected chi connectivity index (χ0v) is 23.0. The Morgan fingerprint density at radius 3 is 2.66 bits per heavy atom. The van der Waals surface area contributed by atoms with E-state index in [2.05, 4.69) is 16.4 Å². The van der Waals surface area contributed by atoms with Crippen LogP contribution in [0.15, 0.2) is 59.5 Å². The molecule has 1 aliphatic rings. The van der Waals surface area contributed by atoms with Gasteiger partial charge in [0, 0.05) is 41.6 Å². The third-order valence-corrected chi connectivity index (χ3v) is 8.38. The normalized spacial score (nSPS) is 12.8. The molecule has 2 amide bonds. The monoisotopic (exact) mass is 549 g/mol. The highest BCUT2D eigenvalue weighted by Gasteiger charge is 2.23. The van der Waals surface area contributed by atoms with Gasteiger partial charge in [-0.2, -0.15) is 0 Å². The van der Waals surface area contributed by atoms with E-state index in [0.29, 0.717) is 30.6 Å². The lowest BCUT2D eigenvalue weighted by molar-refractivity contribution is 0.0956. The number of rotatable bonds is 7. The number of carbonyl (C=O) groups excluding carboxylic acids is 2. The number of aromatic amines is 1. The molecule has 1 aromatic heterocycles. The van der Waals surface area contributed by atoms with Crippen LogP contribution in [0.3, 0.4) is 0 Å². The number of H-pyrrole nitrogens is 1. The van der Waals surface area contributed by atoms with E-state index < -0.39 is 5.82 Å². The molecule has 1 aliphatic heterocycles. The Morgan fingerprint density at radius 1 is 1.13 bits per heavy atom. The van der Waals surface area contributed by atoms with Gasteiger partial charge in [-0.15, -0.1) is 0 Å². The lowest BCUT2D eigenvalue weighted by atomic mass is 9.99. The first-order valence-electron chi connectivity index (χ1n) is 12.2. The molecular weight excluding hydrogens is 521 g/mol. The van der Waals surface area contributed by atoms with Crippen molar-refractivity contribution in [2.75, 3.05) is 19.8 Å². The number of carbonyl (C=O) groups is 2. The van der Waals surface area contributed by atoms with Crippen molar-refractivity contribution < 1.29 is 18.7 Å². The molecule has 38 heavy (non-hydrogen) atoms. The highest BCUT2D eigenvalue weighted by molar-refractivity contribution is 8.76. The molecule has 0 spiro atoms. The molecule has 3 aromatic carbocycles. The van der Waals surface area contributed by atoms with Gasteiger partial charge >= 0.3 is 6.09 Å². The predicted octanol–water partition coefficient (Wildman–Crippen LogP) is 6.71. The van der Waals surface area contributed by atoms with E-state index in [-0.39, 0.29) is 18.6 Å². The van der Waals surface area contributed by atoms with Crippen molar-refractivity contribution in [2.24, 2.45) is 0 Å². The molecule has 0 saturated heterocycles. The van der Waals surface area contributed by atoms with Gasteiger partial charge in [0.15, 0.2) is 0 Å². The minimum absolute atomic E-state index is 0.223. The highest BCUT2D eigenvalue weighted by atomic mass is 33.1. The average Bonchev–Trinajstić information content (AvgIpc) is 3.17. The maximum atomic E-state index is 14.2. The molecule has 0 fully saturated rings. The Balaban J connectivity index is 1.27. The van der Waals surface area contributed by atoms with Crippen LogP contribution in [0, 0.1) is 12.7 Å². The first-order chi connectivity index (χ1) is 18.3. The molecule has 2 heterocycles. The summed E-state index contributed by atoms with van der Waals surface area (Å²) >= 11 is 0. The summed E-state index contributed by atoms with van der Waals surface area (Å²) < 4.78 is 19.7. The molecule has 196 valence electrons. The minimum Gasteiger partial charge on any atom is -0.445 e. The Bertz CT molecular complexity index is 1520. The number of aryl methyl sites for hydroxylation is 1. The van der Waals surface area contributed by atoms with Crippen LogP contribution in [0.2, 0.25) is 0 Å². The number of aromatic nitrogens is 1. The van der Waals surface area contributed by atoms with Crippen molar-refractivity contribution >= 4 is 44.5 Å². The van der Waals surface area contributed by atoms with Gasteiger partial charge in [0.1, 0.15) is 12.4 Å². The van der Waals surface area contributed by atoms with Gasteiger partial charge in [0.2, 0.25) is 0 Å². The molecular formula is C29H28FN3O3S2. The van der Waals surface area contributed by atoms with Crippen LogP contribution >= 0.6 is 21.6 Å². The Morgan fingerprint density at radius 2 is 1.92 bits per heavy atom. The fourth-order valence-electron chi connectivity index (χ4n) is 4.78. The zero-order valence-electron chi connectivity index (χ0n) is 21.4. The number of halogens is 1. The largest absolute Gasteiger partial charge is 0.445 e. The molecule has 0 unspecified atom stereocenters. The van der Waals surface area contributed by atoms with Crippen LogP contribution in [-0.2, 0) is 24.3 Å². The second kappa shape index (κ2) is 11.1. The van der Waals surface area contributed by atoms with E-state index in [1.807, 2.05) is 49.6 Å². The lowest BCUT2D eigenvalue weighted by Gasteiger charge is -2.18.